The molecular formula is C24H18Cl2N4O3. The summed E-state index contributed by atoms with van der Waals surface area (Å²) in [5.74, 6) is -0.244. The summed E-state index contributed by atoms with van der Waals surface area (Å²) in [7, 11) is 3.26. The number of carbonyl (C=O) groups is 1. The van der Waals surface area contributed by atoms with Gasteiger partial charge in [0, 0.05) is 48.8 Å². The lowest BCUT2D eigenvalue weighted by atomic mass is 10.0. The summed E-state index contributed by atoms with van der Waals surface area (Å²) in [6, 6.07) is 13.3. The van der Waals surface area contributed by atoms with Crippen LogP contribution in [0.4, 0.5) is 5.69 Å². The number of amides is 1. The Bertz CT molecular complexity index is 1510. The molecule has 4 heterocycles. The van der Waals surface area contributed by atoms with Gasteiger partial charge < -0.3 is 14.1 Å². The Morgan fingerprint density at radius 2 is 1.64 bits per heavy atom. The first-order valence-corrected chi connectivity index (χ1v) is 10.9. The van der Waals surface area contributed by atoms with Crippen molar-refractivity contribution in [1.29, 1.82) is 0 Å². The number of benzene rings is 1. The lowest BCUT2D eigenvalue weighted by Crippen LogP contribution is -2.30. The van der Waals surface area contributed by atoms with E-state index >= 15 is 0 Å². The molecule has 166 valence electrons. The summed E-state index contributed by atoms with van der Waals surface area (Å²) < 4.78 is 2.83. The maximum absolute atomic E-state index is 13.6. The van der Waals surface area contributed by atoms with Crippen LogP contribution in [0.25, 0.3) is 11.3 Å². The topological polar surface area (TPSA) is 80.1 Å². The Labute approximate surface area is 198 Å². The molecule has 33 heavy (non-hydrogen) atoms. The van der Waals surface area contributed by atoms with Crippen LogP contribution in [0.15, 0.2) is 70.5 Å². The fourth-order valence-electron chi connectivity index (χ4n) is 4.12. The average Bonchev–Trinajstić information content (AvgIpc) is 3.33. The number of aryl methyl sites for hydroxylation is 2. The van der Waals surface area contributed by atoms with Gasteiger partial charge in [-0.1, -0.05) is 35.3 Å². The number of halogens is 2. The van der Waals surface area contributed by atoms with E-state index in [1.165, 1.54) is 21.3 Å². The van der Waals surface area contributed by atoms with Gasteiger partial charge >= 0.3 is 0 Å². The lowest BCUT2D eigenvalue weighted by Gasteiger charge is -2.26. The third kappa shape index (κ3) is 3.50. The Balaban J connectivity index is 1.69. The van der Waals surface area contributed by atoms with Gasteiger partial charge in [0.15, 0.2) is 0 Å². The zero-order valence-corrected chi connectivity index (χ0v) is 19.2. The summed E-state index contributed by atoms with van der Waals surface area (Å²) in [4.78, 5) is 42.8. The third-order valence-corrected chi connectivity index (χ3v) is 6.36. The molecule has 1 atom stereocenters. The van der Waals surface area contributed by atoms with Gasteiger partial charge in [-0.05, 0) is 35.9 Å². The second-order valence-corrected chi connectivity index (χ2v) is 8.81. The smallest absolute Gasteiger partial charge is 0.269 e. The molecule has 0 fully saturated rings. The van der Waals surface area contributed by atoms with Crippen LogP contribution in [0, 0.1) is 0 Å². The largest absolute Gasteiger partial charge is 0.356 e. The van der Waals surface area contributed by atoms with Gasteiger partial charge in [-0.3, -0.25) is 19.3 Å². The first-order chi connectivity index (χ1) is 15.7. The van der Waals surface area contributed by atoms with Gasteiger partial charge in [0.2, 0.25) is 0 Å². The number of hydrogen-bond acceptors (Lipinski definition) is 3. The maximum atomic E-state index is 13.6. The summed E-state index contributed by atoms with van der Waals surface area (Å²) >= 11 is 12.2. The Kier molecular flexibility index (Phi) is 5.03. The number of hydrogen-bond donors (Lipinski definition) is 1. The minimum Gasteiger partial charge on any atom is -0.356 e. The standard InChI is InChI=1S/C24H18Cl2N4O3/c1-28-8-7-14(9-20(28)31)19-11-17-21(27-19)22(13-3-5-15(25)6-4-13)30(23(17)32)16-10-18(26)24(33)29(2)12-16/h3-12,22,27H,1-2H3. The van der Waals surface area contributed by atoms with E-state index < -0.39 is 6.04 Å². The number of anilines is 1. The first kappa shape index (κ1) is 21.3. The molecule has 1 unspecified atom stereocenters. The van der Waals surface area contributed by atoms with Crippen LogP contribution in [-0.2, 0) is 14.1 Å². The molecule has 0 radical (unpaired) electrons. The zero-order chi connectivity index (χ0) is 23.4. The number of carbonyl (C=O) groups excluding carboxylic acids is 1. The van der Waals surface area contributed by atoms with E-state index in [1.807, 2.05) is 18.2 Å². The molecule has 9 heteroatoms. The molecule has 0 bridgehead atoms. The van der Waals surface area contributed by atoms with E-state index in [0.717, 1.165) is 5.56 Å². The van der Waals surface area contributed by atoms with Crippen LogP contribution in [0.1, 0.15) is 27.7 Å². The van der Waals surface area contributed by atoms with Crippen molar-refractivity contribution in [2.45, 2.75) is 6.04 Å². The molecule has 1 aliphatic rings. The molecule has 0 saturated heterocycles. The van der Waals surface area contributed by atoms with Crippen LogP contribution in [0.5, 0.6) is 0 Å². The molecule has 7 nitrogen and oxygen atoms in total. The number of fused-ring (bicyclic) bond motifs is 1. The minimum absolute atomic E-state index is 0.0223. The number of H-pyrrole nitrogens is 1. The molecule has 0 aliphatic carbocycles. The number of aromatic nitrogens is 3. The highest BCUT2D eigenvalue weighted by Crippen LogP contribution is 2.43. The van der Waals surface area contributed by atoms with Crippen molar-refractivity contribution in [1.82, 2.24) is 14.1 Å². The average molecular weight is 481 g/mol. The van der Waals surface area contributed by atoms with E-state index in [-0.39, 0.29) is 22.0 Å². The summed E-state index contributed by atoms with van der Waals surface area (Å²) in [6.07, 6.45) is 3.27. The quantitative estimate of drug-likeness (QED) is 0.478. The van der Waals surface area contributed by atoms with Gasteiger partial charge in [0.05, 0.1) is 16.9 Å². The number of nitrogens with zero attached hydrogens (tertiary/aromatic N) is 3. The van der Waals surface area contributed by atoms with Crippen molar-refractivity contribution < 1.29 is 4.79 Å². The van der Waals surface area contributed by atoms with Crippen molar-refractivity contribution in [2.75, 3.05) is 4.90 Å². The van der Waals surface area contributed by atoms with Gasteiger partial charge in [-0.25, -0.2) is 0 Å². The Morgan fingerprint density at radius 3 is 2.30 bits per heavy atom. The van der Waals surface area contributed by atoms with E-state index in [4.69, 9.17) is 23.2 Å². The van der Waals surface area contributed by atoms with Gasteiger partial charge in [-0.15, -0.1) is 0 Å². The Hall–Kier alpha value is -3.55. The van der Waals surface area contributed by atoms with Crippen molar-refractivity contribution >= 4 is 34.8 Å². The van der Waals surface area contributed by atoms with E-state index in [9.17, 15) is 14.4 Å². The molecule has 0 saturated carbocycles. The van der Waals surface area contributed by atoms with Crippen molar-refractivity contribution in [3.05, 3.63) is 108 Å². The SMILES string of the molecule is Cn1ccc(-c2cc3c([nH]2)C(c2ccc(Cl)cc2)N(c2cc(Cl)c(=O)n(C)c2)C3=O)cc1=O. The van der Waals surface area contributed by atoms with Crippen LogP contribution in [0.3, 0.4) is 0 Å². The van der Waals surface area contributed by atoms with Crippen LogP contribution < -0.4 is 16.0 Å². The molecule has 0 spiro atoms. The molecule has 3 aromatic heterocycles. The van der Waals surface area contributed by atoms with E-state index in [2.05, 4.69) is 4.98 Å². The van der Waals surface area contributed by atoms with Gasteiger partial charge in [0.1, 0.15) is 11.1 Å². The summed E-state index contributed by atoms with van der Waals surface area (Å²) in [5, 5.41) is 0.598. The lowest BCUT2D eigenvalue weighted by molar-refractivity contribution is 0.0993. The van der Waals surface area contributed by atoms with Crippen molar-refractivity contribution in [2.24, 2.45) is 14.1 Å². The predicted molar refractivity (Wildman–Crippen MR) is 128 cm³/mol. The fourth-order valence-corrected chi connectivity index (χ4v) is 4.50. The second-order valence-electron chi connectivity index (χ2n) is 7.97. The highest BCUT2D eigenvalue weighted by atomic mass is 35.5. The number of nitrogens with one attached hydrogen (secondary N) is 1. The van der Waals surface area contributed by atoms with Gasteiger partial charge in [-0.2, -0.15) is 0 Å². The molecule has 4 aromatic rings. The molecule has 1 N–H and O–H groups in total. The van der Waals surface area contributed by atoms with Crippen molar-refractivity contribution in [3.63, 3.8) is 0 Å². The van der Waals surface area contributed by atoms with Crippen LogP contribution >= 0.6 is 23.2 Å². The molecule has 1 aromatic carbocycles. The third-order valence-electron chi connectivity index (χ3n) is 5.83. The number of pyridine rings is 2. The molecular weight excluding hydrogens is 463 g/mol. The summed E-state index contributed by atoms with van der Waals surface area (Å²) in [5.41, 5.74) is 3.35. The van der Waals surface area contributed by atoms with Crippen molar-refractivity contribution in [3.8, 4) is 11.3 Å². The summed E-state index contributed by atoms with van der Waals surface area (Å²) in [6.45, 7) is 0. The molecule has 1 amide bonds. The first-order valence-electron chi connectivity index (χ1n) is 10.1. The Morgan fingerprint density at radius 1 is 0.909 bits per heavy atom. The second kappa shape index (κ2) is 7.79. The zero-order valence-electron chi connectivity index (χ0n) is 17.7. The normalized spacial score (nSPS) is 15.2. The molecule has 5 rings (SSSR count). The maximum Gasteiger partial charge on any atom is 0.269 e. The highest BCUT2D eigenvalue weighted by Gasteiger charge is 2.41. The monoisotopic (exact) mass is 480 g/mol. The van der Waals surface area contributed by atoms with Gasteiger partial charge in [0.25, 0.3) is 17.0 Å². The highest BCUT2D eigenvalue weighted by molar-refractivity contribution is 6.31. The van der Waals surface area contributed by atoms with Crippen LogP contribution in [-0.4, -0.2) is 20.0 Å². The fraction of sp³-hybridized carbons (Fsp3) is 0.125. The predicted octanol–water partition coefficient (Wildman–Crippen LogP) is 4.14. The molecule has 1 aliphatic heterocycles. The number of aromatic amines is 1. The minimum atomic E-state index is -0.501. The van der Waals surface area contributed by atoms with E-state index in [0.29, 0.717) is 33.2 Å². The van der Waals surface area contributed by atoms with Crippen LogP contribution in [0.2, 0.25) is 10.0 Å². The number of rotatable bonds is 3. The van der Waals surface area contributed by atoms with E-state index in [1.54, 1.807) is 49.6 Å².